The largest absolute Gasteiger partial charge is 0.483 e. The first-order valence-electron chi connectivity index (χ1n) is 6.86. The quantitative estimate of drug-likeness (QED) is 0.744. The van der Waals surface area contributed by atoms with E-state index in [-0.39, 0.29) is 6.61 Å². The maximum absolute atomic E-state index is 11.0. The summed E-state index contributed by atoms with van der Waals surface area (Å²) >= 11 is 7.76. The van der Waals surface area contributed by atoms with Crippen molar-refractivity contribution in [3.63, 3.8) is 0 Å². The van der Waals surface area contributed by atoms with Gasteiger partial charge in [0, 0.05) is 24.0 Å². The Bertz CT molecular complexity index is 815. The number of nitrogens with two attached hydrogens (primary N) is 1. The molecule has 2 N–H and O–H groups in total. The molecule has 1 amide bonds. The molecule has 0 saturated carbocycles. The number of primary amides is 1. The molecule has 0 spiro atoms. The lowest BCUT2D eigenvalue weighted by molar-refractivity contribution is -0.119. The van der Waals surface area contributed by atoms with Crippen LogP contribution in [0.5, 0.6) is 5.75 Å². The maximum atomic E-state index is 11.0. The Kier molecular flexibility index (Phi) is 4.64. The second kappa shape index (κ2) is 6.85. The van der Waals surface area contributed by atoms with Gasteiger partial charge in [0.2, 0.25) is 0 Å². The summed E-state index contributed by atoms with van der Waals surface area (Å²) in [5, 5.41) is 4.69. The van der Waals surface area contributed by atoms with E-state index in [2.05, 4.69) is 16.4 Å². The molecule has 118 valence electrons. The van der Waals surface area contributed by atoms with Gasteiger partial charge in [-0.2, -0.15) is 11.3 Å². The van der Waals surface area contributed by atoms with E-state index in [1.807, 2.05) is 16.1 Å². The Morgan fingerprint density at radius 1 is 1.39 bits per heavy atom. The number of imidazole rings is 1. The lowest BCUT2D eigenvalue weighted by Gasteiger charge is -2.12. The minimum atomic E-state index is -0.535. The highest BCUT2D eigenvalue weighted by atomic mass is 35.5. The molecule has 0 atom stereocenters. The van der Waals surface area contributed by atoms with E-state index in [4.69, 9.17) is 22.1 Å². The summed E-state index contributed by atoms with van der Waals surface area (Å²) in [6.07, 6.45) is 3.62. The van der Waals surface area contributed by atoms with Crippen LogP contribution < -0.4 is 10.5 Å². The van der Waals surface area contributed by atoms with Gasteiger partial charge in [-0.25, -0.2) is 4.98 Å². The fourth-order valence-corrected chi connectivity index (χ4v) is 3.04. The van der Waals surface area contributed by atoms with Gasteiger partial charge in [0.1, 0.15) is 11.6 Å². The third kappa shape index (κ3) is 3.72. The van der Waals surface area contributed by atoms with Crippen molar-refractivity contribution >= 4 is 28.8 Å². The number of benzene rings is 1. The van der Waals surface area contributed by atoms with E-state index in [1.54, 1.807) is 35.7 Å². The second-order valence-electron chi connectivity index (χ2n) is 4.91. The molecule has 23 heavy (non-hydrogen) atoms. The molecule has 0 radical (unpaired) electrons. The van der Waals surface area contributed by atoms with Crippen molar-refractivity contribution < 1.29 is 9.53 Å². The van der Waals surface area contributed by atoms with Crippen molar-refractivity contribution in [3.8, 4) is 17.1 Å². The van der Waals surface area contributed by atoms with Gasteiger partial charge in [0.25, 0.3) is 5.91 Å². The van der Waals surface area contributed by atoms with Gasteiger partial charge in [0.05, 0.1) is 5.56 Å². The normalized spacial score (nSPS) is 10.7. The van der Waals surface area contributed by atoms with Crippen molar-refractivity contribution in [1.29, 1.82) is 0 Å². The minimum Gasteiger partial charge on any atom is -0.483 e. The summed E-state index contributed by atoms with van der Waals surface area (Å²) in [5.74, 6) is 0.705. The van der Waals surface area contributed by atoms with Crippen LogP contribution in [0.3, 0.4) is 0 Å². The molecule has 0 fully saturated rings. The number of thiophene rings is 1. The van der Waals surface area contributed by atoms with Crippen LogP contribution in [0.2, 0.25) is 5.02 Å². The van der Waals surface area contributed by atoms with E-state index in [1.165, 1.54) is 5.56 Å². The average Bonchev–Trinajstić information content (AvgIpc) is 3.18. The van der Waals surface area contributed by atoms with E-state index >= 15 is 0 Å². The van der Waals surface area contributed by atoms with Gasteiger partial charge in [0.15, 0.2) is 6.61 Å². The van der Waals surface area contributed by atoms with E-state index in [9.17, 15) is 4.79 Å². The van der Waals surface area contributed by atoms with Crippen molar-refractivity contribution in [3.05, 3.63) is 58.0 Å². The number of carbonyl (C=O) groups excluding carboxylic acids is 1. The Hall–Kier alpha value is -2.31. The molecule has 3 aromatic rings. The number of hydrogen-bond acceptors (Lipinski definition) is 4. The van der Waals surface area contributed by atoms with E-state index in [0.29, 0.717) is 17.3 Å². The van der Waals surface area contributed by atoms with Crippen LogP contribution in [0, 0.1) is 0 Å². The molecular formula is C16H14ClN3O2S. The number of carbonyl (C=O) groups is 1. The fraction of sp³-hybridized carbons (Fsp3) is 0.125. The molecule has 1 aromatic carbocycles. The molecule has 0 aliphatic rings. The Morgan fingerprint density at radius 3 is 3.00 bits per heavy atom. The van der Waals surface area contributed by atoms with Crippen molar-refractivity contribution in [2.45, 2.75) is 6.54 Å². The number of halogens is 1. The van der Waals surface area contributed by atoms with Crippen LogP contribution in [0.4, 0.5) is 0 Å². The zero-order chi connectivity index (χ0) is 16.2. The second-order valence-corrected chi connectivity index (χ2v) is 6.12. The first-order chi connectivity index (χ1) is 11.1. The van der Waals surface area contributed by atoms with Crippen LogP contribution in [0.15, 0.2) is 47.4 Å². The molecule has 2 aromatic heterocycles. The lowest BCUT2D eigenvalue weighted by Crippen LogP contribution is -2.20. The van der Waals surface area contributed by atoms with E-state index in [0.717, 1.165) is 11.4 Å². The standard InChI is InChI=1S/C16H14ClN3O2S/c17-12-1-2-14(22-9-15(18)21)13(7-12)16-19-4-5-20(16)8-11-3-6-23-10-11/h1-7,10H,8-9H2,(H2,18,21). The predicted octanol–water partition coefficient (Wildman–Crippen LogP) is 3.18. The number of rotatable bonds is 6. The molecule has 5 nitrogen and oxygen atoms in total. The van der Waals surface area contributed by atoms with Gasteiger partial charge >= 0.3 is 0 Å². The first kappa shape index (κ1) is 15.6. The number of hydrogen-bond donors (Lipinski definition) is 1. The topological polar surface area (TPSA) is 70.1 Å². The van der Waals surface area contributed by atoms with Gasteiger partial charge in [-0.3, -0.25) is 4.79 Å². The number of aromatic nitrogens is 2. The highest BCUT2D eigenvalue weighted by Gasteiger charge is 2.14. The molecule has 0 bridgehead atoms. The fourth-order valence-electron chi connectivity index (χ4n) is 2.21. The summed E-state index contributed by atoms with van der Waals surface area (Å²) in [4.78, 5) is 15.4. The van der Waals surface area contributed by atoms with E-state index < -0.39 is 5.91 Å². The first-order valence-corrected chi connectivity index (χ1v) is 8.19. The monoisotopic (exact) mass is 347 g/mol. The third-order valence-electron chi connectivity index (χ3n) is 3.20. The molecular weight excluding hydrogens is 334 g/mol. The third-order valence-corrected chi connectivity index (χ3v) is 4.17. The summed E-state index contributed by atoms with van der Waals surface area (Å²) in [7, 11) is 0. The van der Waals surface area contributed by atoms with Crippen LogP contribution >= 0.6 is 22.9 Å². The van der Waals surface area contributed by atoms with Crippen LogP contribution in [0.1, 0.15) is 5.56 Å². The molecule has 2 heterocycles. The number of ether oxygens (including phenoxy) is 1. The molecule has 0 saturated heterocycles. The minimum absolute atomic E-state index is 0.195. The van der Waals surface area contributed by atoms with Gasteiger partial charge < -0.3 is 15.0 Å². The Labute approximate surface area is 142 Å². The van der Waals surface area contributed by atoms with Crippen LogP contribution in [-0.4, -0.2) is 22.1 Å². The van der Waals surface area contributed by atoms with Gasteiger partial charge in [-0.15, -0.1) is 0 Å². The number of nitrogens with zero attached hydrogens (tertiary/aromatic N) is 2. The summed E-state index contributed by atoms with van der Waals surface area (Å²) in [6, 6.07) is 7.25. The maximum Gasteiger partial charge on any atom is 0.255 e. The molecule has 3 rings (SSSR count). The summed E-state index contributed by atoms with van der Waals surface area (Å²) in [5.41, 5.74) is 7.06. The van der Waals surface area contributed by atoms with Gasteiger partial charge in [-0.1, -0.05) is 11.6 Å². The lowest BCUT2D eigenvalue weighted by atomic mass is 10.2. The van der Waals surface area contributed by atoms with Gasteiger partial charge in [-0.05, 0) is 40.6 Å². The Morgan fingerprint density at radius 2 is 2.26 bits per heavy atom. The Balaban J connectivity index is 1.96. The zero-order valence-electron chi connectivity index (χ0n) is 12.1. The summed E-state index contributed by atoms with van der Waals surface area (Å²) < 4.78 is 7.49. The van der Waals surface area contributed by atoms with Crippen molar-refractivity contribution in [2.75, 3.05) is 6.61 Å². The molecule has 0 aliphatic heterocycles. The highest BCUT2D eigenvalue weighted by molar-refractivity contribution is 7.07. The predicted molar refractivity (Wildman–Crippen MR) is 90.8 cm³/mol. The van der Waals surface area contributed by atoms with Crippen LogP contribution in [0.25, 0.3) is 11.4 Å². The smallest absolute Gasteiger partial charge is 0.255 e. The molecule has 0 aliphatic carbocycles. The van der Waals surface area contributed by atoms with Crippen LogP contribution in [-0.2, 0) is 11.3 Å². The molecule has 0 unspecified atom stereocenters. The molecule has 7 heteroatoms. The SMILES string of the molecule is NC(=O)COc1ccc(Cl)cc1-c1nccn1Cc1ccsc1. The zero-order valence-corrected chi connectivity index (χ0v) is 13.7. The van der Waals surface area contributed by atoms with Crippen molar-refractivity contribution in [2.24, 2.45) is 5.73 Å². The number of amides is 1. The highest BCUT2D eigenvalue weighted by Crippen LogP contribution is 2.32. The van der Waals surface area contributed by atoms with Crippen molar-refractivity contribution in [1.82, 2.24) is 9.55 Å². The summed E-state index contributed by atoms with van der Waals surface area (Å²) in [6.45, 7) is 0.500. The average molecular weight is 348 g/mol.